The Morgan fingerprint density at radius 2 is 1.93 bits per heavy atom. The van der Waals surface area contributed by atoms with Gasteiger partial charge in [-0.2, -0.15) is 0 Å². The summed E-state index contributed by atoms with van der Waals surface area (Å²) in [5.74, 6) is 11.3. The number of pyridine rings is 1. The summed E-state index contributed by atoms with van der Waals surface area (Å²) in [5.41, 5.74) is 8.27. The molecule has 0 radical (unpaired) electrons. The second-order valence-corrected chi connectivity index (χ2v) is 6.65. The van der Waals surface area contributed by atoms with E-state index in [1.165, 1.54) is 5.56 Å². The Balaban J connectivity index is 0.000000735. The summed E-state index contributed by atoms with van der Waals surface area (Å²) in [4.78, 5) is 13.3. The average Bonchev–Trinajstić information content (AvgIpc) is 2.78. The highest BCUT2D eigenvalue weighted by atomic mass is 16.5. The van der Waals surface area contributed by atoms with E-state index in [-0.39, 0.29) is 0 Å². The zero-order chi connectivity index (χ0) is 21.9. The van der Waals surface area contributed by atoms with Crippen molar-refractivity contribution in [3.8, 4) is 17.0 Å². The molecule has 1 amide bonds. The van der Waals surface area contributed by atoms with Gasteiger partial charge in [0.2, 0.25) is 6.41 Å². The largest absolute Gasteiger partial charge is 0.489 e. The number of anilines is 1. The Kier molecular flexibility index (Phi) is 8.80. The smallest absolute Gasteiger partial charge is 0.221 e. The molecule has 0 saturated heterocycles. The third-order valence-electron chi connectivity index (χ3n) is 4.58. The molecular formula is C23H29N5O2. The van der Waals surface area contributed by atoms with Gasteiger partial charge >= 0.3 is 0 Å². The minimum atomic E-state index is 0.403. The molecule has 0 unspecified atom stereocenters. The molecule has 3 rings (SSSR count). The van der Waals surface area contributed by atoms with Gasteiger partial charge in [-0.15, -0.1) is 0 Å². The Bertz CT molecular complexity index is 946. The molecule has 0 aliphatic carbocycles. The average molecular weight is 408 g/mol. The van der Waals surface area contributed by atoms with E-state index in [9.17, 15) is 0 Å². The molecule has 1 heterocycles. The quantitative estimate of drug-likeness (QED) is 0.240. The van der Waals surface area contributed by atoms with Gasteiger partial charge in [-0.3, -0.25) is 15.2 Å². The number of benzene rings is 2. The van der Waals surface area contributed by atoms with Crippen molar-refractivity contribution in [2.24, 2.45) is 11.7 Å². The molecule has 2 aromatic carbocycles. The molecule has 0 fully saturated rings. The minimum Gasteiger partial charge on any atom is -0.489 e. The van der Waals surface area contributed by atoms with Crippen molar-refractivity contribution in [2.45, 2.75) is 26.9 Å². The van der Waals surface area contributed by atoms with E-state index in [0.29, 0.717) is 13.0 Å². The number of hydrogen-bond donors (Lipinski definition) is 3. The third-order valence-corrected chi connectivity index (χ3v) is 4.58. The summed E-state index contributed by atoms with van der Waals surface area (Å²) in [7, 11) is 1.85. The van der Waals surface area contributed by atoms with Gasteiger partial charge in [-0.05, 0) is 60.9 Å². The number of nitrogens with one attached hydrogen (secondary N) is 1. The molecule has 30 heavy (non-hydrogen) atoms. The Morgan fingerprint density at radius 3 is 2.50 bits per heavy atom. The van der Waals surface area contributed by atoms with Gasteiger partial charge in [-0.1, -0.05) is 25.1 Å². The first-order valence-corrected chi connectivity index (χ1v) is 9.65. The SMILES string of the molecule is CCc1cccc(N(C)N)c1COc1ccc(-c2ccccn2)cc1C.NNC=O. The number of carbonyl (C=O) groups excluding carboxylic acids is 1. The fraction of sp³-hybridized carbons (Fsp3) is 0.217. The van der Waals surface area contributed by atoms with Gasteiger partial charge in [0.1, 0.15) is 12.4 Å². The van der Waals surface area contributed by atoms with E-state index in [4.69, 9.17) is 15.4 Å². The van der Waals surface area contributed by atoms with Gasteiger partial charge in [0.05, 0.1) is 11.4 Å². The van der Waals surface area contributed by atoms with E-state index < -0.39 is 0 Å². The van der Waals surface area contributed by atoms with Crippen molar-refractivity contribution in [3.05, 3.63) is 77.5 Å². The van der Waals surface area contributed by atoms with Crippen LogP contribution in [0.2, 0.25) is 0 Å². The number of nitrogens with zero attached hydrogens (tertiary/aromatic N) is 2. The van der Waals surface area contributed by atoms with Crippen molar-refractivity contribution in [3.63, 3.8) is 0 Å². The number of aryl methyl sites for hydroxylation is 2. The summed E-state index contributed by atoms with van der Waals surface area (Å²) in [5, 5.41) is 1.65. The summed E-state index contributed by atoms with van der Waals surface area (Å²) < 4.78 is 6.14. The lowest BCUT2D eigenvalue weighted by Crippen LogP contribution is -2.27. The maximum atomic E-state index is 8.94. The number of amides is 1. The number of ether oxygens (including phenoxy) is 1. The predicted molar refractivity (Wildman–Crippen MR) is 121 cm³/mol. The van der Waals surface area contributed by atoms with Crippen LogP contribution in [-0.4, -0.2) is 18.4 Å². The Hall–Kier alpha value is -3.42. The number of hydrogen-bond acceptors (Lipinski definition) is 6. The maximum Gasteiger partial charge on any atom is 0.221 e. The van der Waals surface area contributed by atoms with Crippen molar-refractivity contribution >= 4 is 12.1 Å². The topological polar surface area (TPSA) is 106 Å². The second-order valence-electron chi connectivity index (χ2n) is 6.65. The van der Waals surface area contributed by atoms with Crippen LogP contribution in [0.15, 0.2) is 60.8 Å². The lowest BCUT2D eigenvalue weighted by molar-refractivity contribution is -0.109. The molecule has 3 aromatic rings. The standard InChI is InChI=1S/C22H25N3O.CH4N2O/c1-4-17-8-7-10-21(25(3)23)19(17)15-26-22-12-11-18(14-16(22)2)20-9-5-6-13-24-20;2-3-1-4/h5-14H,4,15,23H2,1-3H3;1H,2H2,(H,3,4). The van der Waals surface area contributed by atoms with Crippen LogP contribution in [0.25, 0.3) is 11.3 Å². The van der Waals surface area contributed by atoms with Gasteiger partial charge in [0, 0.05) is 24.4 Å². The van der Waals surface area contributed by atoms with Crippen molar-refractivity contribution < 1.29 is 9.53 Å². The number of hydrazine groups is 2. The van der Waals surface area contributed by atoms with Crippen molar-refractivity contribution in [1.29, 1.82) is 0 Å². The van der Waals surface area contributed by atoms with Gasteiger partial charge in [-0.25, -0.2) is 11.7 Å². The predicted octanol–water partition coefficient (Wildman–Crippen LogP) is 3.11. The first-order valence-electron chi connectivity index (χ1n) is 9.65. The molecule has 158 valence electrons. The van der Waals surface area contributed by atoms with Crippen LogP contribution in [0, 0.1) is 6.92 Å². The van der Waals surface area contributed by atoms with Crippen LogP contribution in [0.4, 0.5) is 5.69 Å². The molecule has 0 atom stereocenters. The molecule has 0 saturated carbocycles. The normalized spacial score (nSPS) is 9.90. The molecule has 7 heteroatoms. The first kappa shape index (κ1) is 22.9. The van der Waals surface area contributed by atoms with Gasteiger partial charge in [0.25, 0.3) is 0 Å². The van der Waals surface area contributed by atoms with Crippen molar-refractivity contribution in [2.75, 3.05) is 12.1 Å². The molecule has 1 aromatic heterocycles. The molecule has 7 nitrogen and oxygen atoms in total. The second kappa shape index (κ2) is 11.5. The molecule has 0 bridgehead atoms. The molecule has 0 aliphatic rings. The monoisotopic (exact) mass is 407 g/mol. The van der Waals surface area contributed by atoms with Crippen molar-refractivity contribution in [1.82, 2.24) is 10.4 Å². The summed E-state index contributed by atoms with van der Waals surface area (Å²) in [6.45, 7) is 4.69. The molecular weight excluding hydrogens is 378 g/mol. The van der Waals surface area contributed by atoms with E-state index in [1.807, 2.05) is 55.7 Å². The Labute approximate surface area is 177 Å². The van der Waals surface area contributed by atoms with Crippen LogP contribution >= 0.6 is 0 Å². The molecule has 0 spiro atoms. The molecule has 5 N–H and O–H groups in total. The number of rotatable bonds is 7. The maximum absolute atomic E-state index is 8.94. The number of aromatic nitrogens is 1. The highest BCUT2D eigenvalue weighted by Crippen LogP contribution is 2.28. The van der Waals surface area contributed by atoms with Gasteiger partial charge < -0.3 is 9.75 Å². The van der Waals surface area contributed by atoms with Crippen LogP contribution in [0.3, 0.4) is 0 Å². The summed E-state index contributed by atoms with van der Waals surface area (Å²) in [6.07, 6.45) is 3.15. The summed E-state index contributed by atoms with van der Waals surface area (Å²) >= 11 is 0. The van der Waals surface area contributed by atoms with Crippen LogP contribution in [0.1, 0.15) is 23.6 Å². The highest BCUT2D eigenvalue weighted by Gasteiger charge is 2.11. The van der Waals surface area contributed by atoms with Crippen LogP contribution < -0.4 is 26.9 Å². The van der Waals surface area contributed by atoms with E-state index in [0.717, 1.165) is 40.2 Å². The van der Waals surface area contributed by atoms with E-state index >= 15 is 0 Å². The van der Waals surface area contributed by atoms with Crippen LogP contribution in [0.5, 0.6) is 5.75 Å². The lowest BCUT2D eigenvalue weighted by atomic mass is 10.0. The lowest BCUT2D eigenvalue weighted by Gasteiger charge is -2.20. The zero-order valence-electron chi connectivity index (χ0n) is 17.6. The Morgan fingerprint density at radius 1 is 1.17 bits per heavy atom. The minimum absolute atomic E-state index is 0.403. The van der Waals surface area contributed by atoms with Crippen LogP contribution in [-0.2, 0) is 17.8 Å². The highest BCUT2D eigenvalue weighted by molar-refractivity contribution is 5.62. The van der Waals surface area contributed by atoms with Gasteiger partial charge in [0.15, 0.2) is 0 Å². The van der Waals surface area contributed by atoms with E-state index in [2.05, 4.69) is 36.8 Å². The molecule has 0 aliphatic heterocycles. The third kappa shape index (κ3) is 6.04. The number of carbonyl (C=O) groups is 1. The fourth-order valence-corrected chi connectivity index (χ4v) is 3.10. The first-order chi connectivity index (χ1) is 14.5. The fourth-order valence-electron chi connectivity index (χ4n) is 3.10. The summed E-state index contributed by atoms with van der Waals surface area (Å²) in [6, 6.07) is 18.3. The number of nitrogens with two attached hydrogens (primary N) is 2. The zero-order valence-corrected chi connectivity index (χ0v) is 17.6. The van der Waals surface area contributed by atoms with E-state index in [1.54, 1.807) is 10.4 Å².